The summed E-state index contributed by atoms with van der Waals surface area (Å²) in [6.07, 6.45) is 0.779. The third-order valence-electron chi connectivity index (χ3n) is 5.87. The van der Waals surface area contributed by atoms with Gasteiger partial charge in [-0.3, -0.25) is 9.52 Å². The second-order valence-corrected chi connectivity index (χ2v) is 11.1. The molecule has 0 heterocycles. The molecule has 0 unspecified atom stereocenters. The lowest BCUT2D eigenvalue weighted by Crippen LogP contribution is -2.14. The number of halogens is 1. The van der Waals surface area contributed by atoms with Crippen molar-refractivity contribution in [2.24, 2.45) is 0 Å². The van der Waals surface area contributed by atoms with Gasteiger partial charge in [0.15, 0.2) is 0 Å². The summed E-state index contributed by atoms with van der Waals surface area (Å²) in [5, 5.41) is 2.80. The first-order valence-corrected chi connectivity index (χ1v) is 14.0. The molecule has 8 heteroatoms. The third-order valence-corrected chi connectivity index (χ3v) is 7.88. The second-order valence-electron chi connectivity index (χ2n) is 8.61. The van der Waals surface area contributed by atoms with Gasteiger partial charge in [-0.05, 0) is 101 Å². The predicted molar refractivity (Wildman–Crippen MR) is 151 cm³/mol. The maximum Gasteiger partial charge on any atom is 0.261 e. The van der Waals surface area contributed by atoms with Gasteiger partial charge in [-0.1, -0.05) is 36.4 Å². The number of carbonyl (C=O) groups is 1. The molecule has 0 fully saturated rings. The van der Waals surface area contributed by atoms with Gasteiger partial charge in [0.25, 0.3) is 15.9 Å². The second kappa shape index (κ2) is 11.6. The summed E-state index contributed by atoms with van der Waals surface area (Å²) in [7, 11) is -3.76. The molecular formula is C29H27BrN2O4S. The van der Waals surface area contributed by atoms with Gasteiger partial charge in [0.2, 0.25) is 0 Å². The summed E-state index contributed by atoms with van der Waals surface area (Å²) in [4.78, 5) is 12.9. The van der Waals surface area contributed by atoms with Crippen molar-refractivity contribution < 1.29 is 17.9 Å². The molecule has 0 saturated carbocycles. The molecule has 0 aliphatic heterocycles. The van der Waals surface area contributed by atoms with Crippen molar-refractivity contribution in [3.8, 4) is 5.75 Å². The van der Waals surface area contributed by atoms with Crippen LogP contribution in [-0.2, 0) is 16.4 Å². The van der Waals surface area contributed by atoms with Crippen LogP contribution < -0.4 is 14.8 Å². The Morgan fingerprint density at radius 1 is 0.838 bits per heavy atom. The van der Waals surface area contributed by atoms with Gasteiger partial charge in [-0.2, -0.15) is 0 Å². The van der Waals surface area contributed by atoms with Crippen LogP contribution >= 0.6 is 15.9 Å². The average Bonchev–Trinajstić information content (AvgIpc) is 2.88. The number of aryl methyl sites for hydroxylation is 2. The molecule has 0 bridgehead atoms. The minimum Gasteiger partial charge on any atom is -0.492 e. The van der Waals surface area contributed by atoms with Crippen LogP contribution in [0.4, 0.5) is 11.4 Å². The number of nitrogens with one attached hydrogen (secondary N) is 2. The Bertz CT molecular complexity index is 1510. The summed E-state index contributed by atoms with van der Waals surface area (Å²) in [6.45, 7) is 4.41. The van der Waals surface area contributed by atoms with Crippen molar-refractivity contribution in [2.75, 3.05) is 16.6 Å². The van der Waals surface area contributed by atoms with Crippen LogP contribution in [0.25, 0.3) is 0 Å². The fourth-order valence-corrected chi connectivity index (χ4v) is 5.17. The van der Waals surface area contributed by atoms with E-state index in [1.807, 2.05) is 38.1 Å². The van der Waals surface area contributed by atoms with Crippen molar-refractivity contribution in [3.63, 3.8) is 0 Å². The zero-order valence-corrected chi connectivity index (χ0v) is 22.9. The van der Waals surface area contributed by atoms with Crippen molar-refractivity contribution in [1.29, 1.82) is 0 Å². The summed E-state index contributed by atoms with van der Waals surface area (Å²) in [5.41, 5.74) is 4.69. The molecule has 190 valence electrons. The number of hydrogen-bond acceptors (Lipinski definition) is 4. The fraction of sp³-hybridized carbons (Fsp3) is 0.138. The maximum atomic E-state index is 12.8. The van der Waals surface area contributed by atoms with Crippen molar-refractivity contribution in [2.45, 2.75) is 25.2 Å². The van der Waals surface area contributed by atoms with Crippen LogP contribution in [0, 0.1) is 13.8 Å². The van der Waals surface area contributed by atoms with E-state index in [-0.39, 0.29) is 10.8 Å². The highest BCUT2D eigenvalue weighted by molar-refractivity contribution is 9.10. The van der Waals surface area contributed by atoms with E-state index in [0.29, 0.717) is 33.8 Å². The lowest BCUT2D eigenvalue weighted by molar-refractivity contribution is 0.102. The standard InChI is InChI=1S/C29H27BrN2O4S/c1-20-8-10-25(18-21(20)2)32-37(34,35)26-13-11-24(12-14-26)31-29(33)23-9-15-28(27(30)19-23)36-17-16-22-6-4-3-5-7-22/h3-15,18-19,32H,16-17H2,1-2H3,(H,31,33). The monoisotopic (exact) mass is 578 g/mol. The number of sulfonamides is 1. The zero-order valence-electron chi connectivity index (χ0n) is 20.5. The first-order valence-electron chi connectivity index (χ1n) is 11.7. The molecule has 4 aromatic rings. The molecule has 0 saturated heterocycles. The van der Waals surface area contributed by atoms with Gasteiger partial charge in [-0.15, -0.1) is 0 Å². The average molecular weight is 580 g/mol. The maximum absolute atomic E-state index is 12.8. The fourth-order valence-electron chi connectivity index (χ4n) is 3.62. The molecule has 6 nitrogen and oxygen atoms in total. The van der Waals surface area contributed by atoms with Crippen molar-refractivity contribution >= 4 is 43.2 Å². The first kappa shape index (κ1) is 26.4. The molecule has 0 radical (unpaired) electrons. The van der Waals surface area contributed by atoms with Crippen molar-refractivity contribution in [1.82, 2.24) is 0 Å². The molecule has 0 aliphatic rings. The number of anilines is 2. The smallest absolute Gasteiger partial charge is 0.261 e. The van der Waals surface area contributed by atoms with Crippen LogP contribution in [0.1, 0.15) is 27.0 Å². The number of ether oxygens (including phenoxy) is 1. The lowest BCUT2D eigenvalue weighted by Gasteiger charge is -2.12. The molecule has 37 heavy (non-hydrogen) atoms. The van der Waals surface area contributed by atoms with E-state index in [2.05, 4.69) is 38.1 Å². The number of amides is 1. The van der Waals surface area contributed by atoms with Gasteiger partial charge < -0.3 is 10.1 Å². The van der Waals surface area contributed by atoms with E-state index in [4.69, 9.17) is 4.74 Å². The molecule has 0 atom stereocenters. The number of benzene rings is 4. The molecule has 4 rings (SSSR count). The quantitative estimate of drug-likeness (QED) is 0.230. The molecule has 2 N–H and O–H groups in total. The Labute approximate surface area is 225 Å². The summed E-state index contributed by atoms with van der Waals surface area (Å²) >= 11 is 3.48. The Morgan fingerprint density at radius 3 is 2.22 bits per heavy atom. The minimum absolute atomic E-state index is 0.100. The first-order chi connectivity index (χ1) is 17.7. The largest absolute Gasteiger partial charge is 0.492 e. The van der Waals surface area contributed by atoms with E-state index in [1.54, 1.807) is 42.5 Å². The van der Waals surface area contributed by atoms with Crippen LogP contribution in [-0.4, -0.2) is 20.9 Å². The number of carbonyl (C=O) groups excluding carboxylic acids is 1. The highest BCUT2D eigenvalue weighted by Crippen LogP contribution is 2.27. The minimum atomic E-state index is -3.76. The molecule has 0 aromatic heterocycles. The Kier molecular flexibility index (Phi) is 8.31. The van der Waals surface area contributed by atoms with E-state index < -0.39 is 10.0 Å². The van der Waals surface area contributed by atoms with E-state index in [9.17, 15) is 13.2 Å². The van der Waals surface area contributed by atoms with Gasteiger partial charge in [0.05, 0.1) is 16.0 Å². The molecule has 0 aliphatic carbocycles. The van der Waals surface area contributed by atoms with E-state index >= 15 is 0 Å². The number of hydrogen-bond donors (Lipinski definition) is 2. The lowest BCUT2D eigenvalue weighted by atomic mass is 10.1. The highest BCUT2D eigenvalue weighted by atomic mass is 79.9. The van der Waals surface area contributed by atoms with Crippen LogP contribution in [0.5, 0.6) is 5.75 Å². The Hall–Kier alpha value is -3.62. The predicted octanol–water partition coefficient (Wildman–Crippen LogP) is 6.74. The van der Waals surface area contributed by atoms with Gasteiger partial charge in [0.1, 0.15) is 5.75 Å². The SMILES string of the molecule is Cc1ccc(NS(=O)(=O)c2ccc(NC(=O)c3ccc(OCCc4ccccc4)c(Br)c3)cc2)cc1C. The molecule has 0 spiro atoms. The molecule has 1 amide bonds. The van der Waals surface area contributed by atoms with Crippen LogP contribution in [0.15, 0.2) is 100 Å². The summed E-state index contributed by atoms with van der Waals surface area (Å²) < 4.78 is 34.6. The topological polar surface area (TPSA) is 84.5 Å². The highest BCUT2D eigenvalue weighted by Gasteiger charge is 2.15. The normalized spacial score (nSPS) is 11.1. The van der Waals surface area contributed by atoms with Gasteiger partial charge in [0, 0.05) is 23.4 Å². The van der Waals surface area contributed by atoms with Crippen molar-refractivity contribution in [3.05, 3.63) is 118 Å². The van der Waals surface area contributed by atoms with E-state index in [0.717, 1.165) is 17.5 Å². The van der Waals surface area contributed by atoms with Crippen LogP contribution in [0.2, 0.25) is 0 Å². The zero-order chi connectivity index (χ0) is 26.4. The van der Waals surface area contributed by atoms with Crippen LogP contribution in [0.3, 0.4) is 0 Å². The van der Waals surface area contributed by atoms with Gasteiger partial charge in [-0.25, -0.2) is 8.42 Å². The molecular weight excluding hydrogens is 552 g/mol. The van der Waals surface area contributed by atoms with E-state index in [1.165, 1.54) is 17.7 Å². The Balaban J connectivity index is 1.36. The molecule has 4 aromatic carbocycles. The summed E-state index contributed by atoms with van der Waals surface area (Å²) in [6, 6.07) is 26.6. The number of rotatable bonds is 9. The summed E-state index contributed by atoms with van der Waals surface area (Å²) in [5.74, 6) is 0.332. The Morgan fingerprint density at radius 2 is 1.54 bits per heavy atom. The van der Waals surface area contributed by atoms with Gasteiger partial charge >= 0.3 is 0 Å². The third kappa shape index (κ3) is 6.99.